The number of aliphatic imine (C=N–C) groups is 1. The number of hydrogen-bond acceptors (Lipinski definition) is 5. The number of rotatable bonds is 5. The van der Waals surface area contributed by atoms with E-state index >= 15 is 0 Å². The number of nitrogens with one attached hydrogen (secondary N) is 1. The number of benzene rings is 3. The van der Waals surface area contributed by atoms with Crippen molar-refractivity contribution in [2.75, 3.05) is 25.5 Å². The fourth-order valence-electron chi connectivity index (χ4n) is 3.53. The molecule has 0 saturated carbocycles. The number of nitrogens with zero attached hydrogens (tertiary/aromatic N) is 2. The van der Waals surface area contributed by atoms with Gasteiger partial charge in [0.15, 0.2) is 5.75 Å². The molecule has 0 saturated heterocycles. The van der Waals surface area contributed by atoms with E-state index in [0.717, 1.165) is 30.2 Å². The minimum absolute atomic E-state index is 0.210. The Labute approximate surface area is 182 Å². The minimum atomic E-state index is -0.210. The fourth-order valence-corrected chi connectivity index (χ4v) is 3.53. The van der Waals surface area contributed by atoms with Crippen molar-refractivity contribution in [2.45, 2.75) is 13.8 Å². The van der Waals surface area contributed by atoms with Crippen LogP contribution in [0.2, 0.25) is 0 Å². The van der Waals surface area contributed by atoms with Crippen molar-refractivity contribution in [1.82, 2.24) is 4.90 Å². The molecule has 1 aliphatic heterocycles. The van der Waals surface area contributed by atoms with E-state index in [1.54, 1.807) is 31.4 Å². The van der Waals surface area contributed by atoms with Gasteiger partial charge in [0.05, 0.1) is 12.7 Å². The van der Waals surface area contributed by atoms with Crippen LogP contribution in [-0.4, -0.2) is 36.8 Å². The molecule has 1 N–H and O–H groups in total. The summed E-state index contributed by atoms with van der Waals surface area (Å²) in [6.45, 7) is 5.80. The second kappa shape index (κ2) is 8.92. The van der Waals surface area contributed by atoms with Crippen molar-refractivity contribution in [3.63, 3.8) is 0 Å². The number of carbonyl (C=O) groups is 1. The molecule has 0 radical (unpaired) electrons. The lowest BCUT2D eigenvalue weighted by Crippen LogP contribution is -2.31. The standard InChI is InChI=1S/C25H25N3O3/c1-4-28(5-2)24-20-16-18(26-25(29)17-9-8-10-19(15-17)30-3)13-14-22(20)31-23-12-7-6-11-21(23)27-24/h6-16H,4-5H2,1-3H3,(H,26,29). The number of methoxy groups -OCH3 is 1. The highest BCUT2D eigenvalue weighted by atomic mass is 16.5. The first kappa shape index (κ1) is 20.5. The second-order valence-corrected chi connectivity index (χ2v) is 7.07. The van der Waals surface area contributed by atoms with Crippen molar-refractivity contribution in [3.05, 3.63) is 77.9 Å². The van der Waals surface area contributed by atoms with Gasteiger partial charge in [0.25, 0.3) is 5.91 Å². The molecular formula is C25H25N3O3. The van der Waals surface area contributed by atoms with E-state index in [2.05, 4.69) is 24.1 Å². The van der Waals surface area contributed by atoms with E-state index in [0.29, 0.717) is 28.5 Å². The van der Waals surface area contributed by atoms with Crippen LogP contribution in [0.15, 0.2) is 71.7 Å². The highest BCUT2D eigenvalue weighted by Crippen LogP contribution is 2.38. The van der Waals surface area contributed by atoms with Crippen LogP contribution in [0.4, 0.5) is 11.4 Å². The van der Waals surface area contributed by atoms with Crippen LogP contribution in [-0.2, 0) is 0 Å². The zero-order valence-electron chi connectivity index (χ0n) is 17.9. The Hall–Kier alpha value is -3.80. The maximum Gasteiger partial charge on any atom is 0.255 e. The number of carbonyl (C=O) groups excluding carboxylic acids is 1. The molecule has 4 rings (SSSR count). The third kappa shape index (κ3) is 4.23. The summed E-state index contributed by atoms with van der Waals surface area (Å²) in [5.74, 6) is 2.66. The van der Waals surface area contributed by atoms with Crippen LogP contribution in [0.3, 0.4) is 0 Å². The summed E-state index contributed by atoms with van der Waals surface area (Å²) in [4.78, 5) is 19.9. The van der Waals surface area contributed by atoms with Gasteiger partial charge < -0.3 is 19.7 Å². The Morgan fingerprint density at radius 3 is 2.58 bits per heavy atom. The summed E-state index contributed by atoms with van der Waals surface area (Å²) in [5, 5.41) is 2.97. The number of hydrogen-bond donors (Lipinski definition) is 1. The number of ether oxygens (including phenoxy) is 2. The smallest absolute Gasteiger partial charge is 0.255 e. The number of fused-ring (bicyclic) bond motifs is 2. The molecule has 3 aromatic rings. The molecule has 1 heterocycles. The Balaban J connectivity index is 1.72. The van der Waals surface area contributed by atoms with E-state index in [1.165, 1.54) is 0 Å². The molecule has 6 nitrogen and oxygen atoms in total. The van der Waals surface area contributed by atoms with Crippen molar-refractivity contribution in [2.24, 2.45) is 4.99 Å². The van der Waals surface area contributed by atoms with Crippen LogP contribution < -0.4 is 14.8 Å². The third-order valence-electron chi connectivity index (χ3n) is 5.18. The molecule has 0 aliphatic carbocycles. The topological polar surface area (TPSA) is 63.2 Å². The molecule has 1 amide bonds. The molecule has 6 heteroatoms. The van der Waals surface area contributed by atoms with Crippen molar-refractivity contribution < 1.29 is 14.3 Å². The van der Waals surface area contributed by atoms with Gasteiger partial charge in [0, 0.05) is 24.3 Å². The molecule has 1 aliphatic rings. The van der Waals surface area contributed by atoms with Gasteiger partial charge in [-0.1, -0.05) is 18.2 Å². The summed E-state index contributed by atoms with van der Waals surface area (Å²) >= 11 is 0. The van der Waals surface area contributed by atoms with Gasteiger partial charge in [-0.2, -0.15) is 0 Å². The van der Waals surface area contributed by atoms with Gasteiger partial charge in [-0.15, -0.1) is 0 Å². The first-order valence-corrected chi connectivity index (χ1v) is 10.3. The van der Waals surface area contributed by atoms with Gasteiger partial charge >= 0.3 is 0 Å². The molecule has 158 valence electrons. The summed E-state index contributed by atoms with van der Waals surface area (Å²) in [5.41, 5.74) is 2.81. The number of anilines is 1. The quantitative estimate of drug-likeness (QED) is 0.600. The van der Waals surface area contributed by atoms with E-state index in [-0.39, 0.29) is 5.91 Å². The van der Waals surface area contributed by atoms with Crippen molar-refractivity contribution >= 4 is 23.1 Å². The second-order valence-electron chi connectivity index (χ2n) is 7.07. The van der Waals surface area contributed by atoms with Gasteiger partial charge in [-0.3, -0.25) is 4.79 Å². The Morgan fingerprint density at radius 2 is 1.81 bits per heavy atom. The number of amides is 1. The van der Waals surface area contributed by atoms with Crippen LogP contribution in [0.1, 0.15) is 29.8 Å². The zero-order chi connectivity index (χ0) is 21.8. The zero-order valence-corrected chi connectivity index (χ0v) is 17.9. The normalized spacial score (nSPS) is 11.9. The highest BCUT2D eigenvalue weighted by molar-refractivity contribution is 6.07. The molecule has 0 aromatic heterocycles. The SMILES string of the molecule is CCN(CC)C1=Nc2ccccc2Oc2ccc(NC(=O)c3cccc(OC)c3)cc21. The summed E-state index contributed by atoms with van der Waals surface area (Å²) in [6.07, 6.45) is 0. The van der Waals surface area contributed by atoms with E-state index in [1.807, 2.05) is 42.5 Å². The maximum atomic E-state index is 12.8. The molecule has 0 unspecified atom stereocenters. The number of para-hydroxylation sites is 2. The van der Waals surface area contributed by atoms with Gasteiger partial charge in [0.2, 0.25) is 0 Å². The lowest BCUT2D eigenvalue weighted by atomic mass is 10.1. The highest BCUT2D eigenvalue weighted by Gasteiger charge is 2.22. The molecule has 0 bridgehead atoms. The fraction of sp³-hybridized carbons (Fsp3) is 0.200. The lowest BCUT2D eigenvalue weighted by Gasteiger charge is -2.23. The summed E-state index contributed by atoms with van der Waals surface area (Å²) in [6, 6.07) is 20.4. The molecular weight excluding hydrogens is 390 g/mol. The first-order valence-electron chi connectivity index (χ1n) is 10.3. The molecule has 0 fully saturated rings. The van der Waals surface area contributed by atoms with Crippen molar-refractivity contribution in [1.29, 1.82) is 0 Å². The van der Waals surface area contributed by atoms with Gasteiger partial charge in [-0.05, 0) is 62.4 Å². The summed E-state index contributed by atoms with van der Waals surface area (Å²) < 4.78 is 11.4. The predicted molar refractivity (Wildman–Crippen MR) is 123 cm³/mol. The Bertz CT molecular complexity index is 1140. The lowest BCUT2D eigenvalue weighted by molar-refractivity contribution is 0.102. The summed E-state index contributed by atoms with van der Waals surface area (Å²) in [7, 11) is 1.58. The number of amidine groups is 1. The molecule has 31 heavy (non-hydrogen) atoms. The van der Waals surface area contributed by atoms with Crippen LogP contribution >= 0.6 is 0 Å². The van der Waals surface area contributed by atoms with E-state index < -0.39 is 0 Å². The molecule has 0 spiro atoms. The average molecular weight is 415 g/mol. The first-order chi connectivity index (χ1) is 15.1. The van der Waals surface area contributed by atoms with Gasteiger partial charge in [-0.25, -0.2) is 4.99 Å². The Kier molecular flexibility index (Phi) is 5.89. The largest absolute Gasteiger partial charge is 0.497 e. The molecule has 0 atom stereocenters. The minimum Gasteiger partial charge on any atom is -0.497 e. The third-order valence-corrected chi connectivity index (χ3v) is 5.18. The van der Waals surface area contributed by atoms with Crippen LogP contribution in [0.25, 0.3) is 0 Å². The predicted octanol–water partition coefficient (Wildman–Crippen LogP) is 5.47. The monoisotopic (exact) mass is 415 g/mol. The maximum absolute atomic E-state index is 12.8. The molecule has 3 aromatic carbocycles. The van der Waals surface area contributed by atoms with E-state index in [9.17, 15) is 4.79 Å². The van der Waals surface area contributed by atoms with Gasteiger partial charge in [0.1, 0.15) is 23.0 Å². The average Bonchev–Trinajstić information content (AvgIpc) is 2.97. The van der Waals surface area contributed by atoms with Crippen LogP contribution in [0, 0.1) is 0 Å². The van der Waals surface area contributed by atoms with Crippen molar-refractivity contribution in [3.8, 4) is 17.2 Å². The Morgan fingerprint density at radius 1 is 1.00 bits per heavy atom. The van der Waals surface area contributed by atoms with Crippen LogP contribution in [0.5, 0.6) is 17.2 Å². The van der Waals surface area contributed by atoms with E-state index in [4.69, 9.17) is 14.5 Å².